The number of carbonyl (C=O) groups is 2. The number of carbonyl (C=O) groups excluding carboxylic acids is 2. The molecule has 1 saturated carbocycles. The van der Waals surface area contributed by atoms with E-state index in [1.54, 1.807) is 24.7 Å². The van der Waals surface area contributed by atoms with Crippen LogP contribution < -0.4 is 16.0 Å². The Hall–Kier alpha value is -3.43. The number of rotatable bonds is 7. The third kappa shape index (κ3) is 6.58. The highest BCUT2D eigenvalue weighted by Gasteiger charge is 2.25. The molecule has 2 fully saturated rings. The van der Waals surface area contributed by atoms with Crippen LogP contribution in [0.1, 0.15) is 38.2 Å². The predicted molar refractivity (Wildman–Crippen MR) is 140 cm³/mol. The van der Waals surface area contributed by atoms with Crippen molar-refractivity contribution >= 4 is 35.6 Å². The summed E-state index contributed by atoms with van der Waals surface area (Å²) in [5.74, 6) is 0.00367. The molecule has 1 aromatic heterocycles. The first kappa shape index (κ1) is 24.7. The minimum atomic E-state index is -0.408. The summed E-state index contributed by atoms with van der Waals surface area (Å²) in [6.45, 7) is 6.25. The first-order valence-electron chi connectivity index (χ1n) is 11.6. The molecular formula is C26H29N5O3S. The summed E-state index contributed by atoms with van der Waals surface area (Å²) in [5.41, 5.74) is 4.07. The number of aliphatic imine (C=N–C) groups is 2. The van der Waals surface area contributed by atoms with Crippen LogP contribution in [0.4, 0.5) is 4.79 Å². The Morgan fingerprint density at radius 2 is 1.97 bits per heavy atom. The van der Waals surface area contributed by atoms with Gasteiger partial charge < -0.3 is 15.1 Å². The van der Waals surface area contributed by atoms with E-state index in [9.17, 15) is 9.59 Å². The fourth-order valence-corrected chi connectivity index (χ4v) is 4.89. The molecule has 4 rings (SSSR count). The Labute approximate surface area is 209 Å². The number of amides is 2. The first-order valence-corrected chi connectivity index (χ1v) is 12.4. The molecule has 2 aliphatic rings. The number of benzene rings is 1. The number of hydrogen-bond donors (Lipinski definition) is 3. The predicted octanol–water partition coefficient (Wildman–Crippen LogP) is 4.76. The molecule has 1 saturated heterocycles. The van der Waals surface area contributed by atoms with Crippen molar-refractivity contribution in [2.24, 2.45) is 9.98 Å². The Kier molecular flexibility index (Phi) is 8.33. The molecule has 2 amide bonds. The Morgan fingerprint density at radius 1 is 1.20 bits per heavy atom. The average molecular weight is 492 g/mol. The van der Waals surface area contributed by atoms with E-state index in [1.807, 2.05) is 19.1 Å². The number of furan rings is 1. The van der Waals surface area contributed by atoms with Crippen molar-refractivity contribution in [3.8, 4) is 11.1 Å². The Balaban J connectivity index is 1.29. The largest absolute Gasteiger partial charge is 0.472 e. The van der Waals surface area contributed by atoms with Crippen LogP contribution >= 0.6 is 11.8 Å². The molecule has 0 radical (unpaired) electrons. The van der Waals surface area contributed by atoms with E-state index in [2.05, 4.69) is 50.9 Å². The van der Waals surface area contributed by atoms with Crippen LogP contribution in [0.2, 0.25) is 0 Å². The van der Waals surface area contributed by atoms with E-state index >= 15 is 0 Å². The van der Waals surface area contributed by atoms with Crippen LogP contribution in [-0.2, 0) is 11.3 Å². The minimum absolute atomic E-state index is 0.243. The Morgan fingerprint density at radius 3 is 2.63 bits per heavy atom. The number of nitrogens with zero attached hydrogens (tertiary/aromatic N) is 2. The maximum absolute atomic E-state index is 11.8. The SMILES string of the molecule is C=N\C(=N/C(=C\C)/C=C1\SC(=O)NC1=O)N[C@H]1CC[C@H](NCc2ccccc2-c2ccoc2)CC1. The maximum atomic E-state index is 11.8. The lowest BCUT2D eigenvalue weighted by atomic mass is 9.91. The minimum Gasteiger partial charge on any atom is -0.472 e. The fraction of sp³-hybridized carbons (Fsp3) is 0.308. The molecule has 1 aliphatic heterocycles. The van der Waals surface area contributed by atoms with Crippen molar-refractivity contribution in [2.75, 3.05) is 0 Å². The highest BCUT2D eigenvalue weighted by Crippen LogP contribution is 2.26. The summed E-state index contributed by atoms with van der Waals surface area (Å²) in [7, 11) is 0. The molecule has 8 nitrogen and oxygen atoms in total. The molecule has 0 unspecified atom stereocenters. The molecule has 182 valence electrons. The summed E-state index contributed by atoms with van der Waals surface area (Å²) in [6, 6.07) is 11.1. The zero-order valence-electron chi connectivity index (χ0n) is 19.6. The van der Waals surface area contributed by atoms with E-state index in [1.165, 1.54) is 11.1 Å². The zero-order chi connectivity index (χ0) is 24.6. The van der Waals surface area contributed by atoms with E-state index in [0.29, 0.717) is 22.6 Å². The second-order valence-electron chi connectivity index (χ2n) is 8.40. The van der Waals surface area contributed by atoms with Crippen molar-refractivity contribution in [2.45, 2.75) is 51.2 Å². The molecule has 0 spiro atoms. The summed E-state index contributed by atoms with van der Waals surface area (Å²) in [5, 5.41) is 8.95. The number of hydrogen-bond acceptors (Lipinski definition) is 6. The van der Waals surface area contributed by atoms with Gasteiger partial charge in [-0.15, -0.1) is 0 Å². The molecule has 1 aliphatic carbocycles. The number of thioether (sulfide) groups is 1. The summed E-state index contributed by atoms with van der Waals surface area (Å²) in [4.78, 5) is 32.0. The van der Waals surface area contributed by atoms with Crippen molar-refractivity contribution in [3.05, 3.63) is 71.2 Å². The summed E-state index contributed by atoms with van der Waals surface area (Å²) < 4.78 is 5.26. The van der Waals surface area contributed by atoms with E-state index < -0.39 is 5.91 Å². The van der Waals surface area contributed by atoms with Crippen LogP contribution in [-0.4, -0.2) is 35.9 Å². The smallest absolute Gasteiger partial charge is 0.290 e. The summed E-state index contributed by atoms with van der Waals surface area (Å²) in [6.07, 6.45) is 10.9. The summed E-state index contributed by atoms with van der Waals surface area (Å²) >= 11 is 0.864. The Bertz CT molecular complexity index is 1160. The topological polar surface area (TPSA) is 108 Å². The maximum Gasteiger partial charge on any atom is 0.290 e. The molecule has 2 aromatic rings. The second-order valence-corrected chi connectivity index (χ2v) is 9.42. The second kappa shape index (κ2) is 11.8. The van der Waals surface area contributed by atoms with E-state index in [0.717, 1.165) is 49.6 Å². The van der Waals surface area contributed by atoms with Crippen LogP contribution in [0.5, 0.6) is 0 Å². The molecule has 0 atom stereocenters. The lowest BCUT2D eigenvalue weighted by Crippen LogP contribution is -2.41. The third-order valence-electron chi connectivity index (χ3n) is 6.09. The van der Waals surface area contributed by atoms with Crippen molar-refractivity contribution < 1.29 is 14.0 Å². The van der Waals surface area contributed by atoms with Crippen LogP contribution in [0.3, 0.4) is 0 Å². The standard InChI is InChI=1S/C26H29N5O3S/c1-3-19(14-23-24(32)31-26(33)35-23)29-25(27-2)30-21-10-8-20(9-11-21)28-15-17-6-4-5-7-22(17)18-12-13-34-16-18/h3-7,12-14,16,20-21,28H,2,8-11,15H2,1H3,(H,29,30)(H,31,32,33)/b19-3-,23-14-/t20-,21-. The normalized spacial score (nSPS) is 22.4. The van der Waals surface area contributed by atoms with Gasteiger partial charge in [0, 0.05) is 24.2 Å². The van der Waals surface area contributed by atoms with Crippen LogP contribution in [0.25, 0.3) is 11.1 Å². The van der Waals surface area contributed by atoms with Gasteiger partial charge in [-0.2, -0.15) is 0 Å². The van der Waals surface area contributed by atoms with Gasteiger partial charge in [-0.1, -0.05) is 30.3 Å². The van der Waals surface area contributed by atoms with Gasteiger partial charge in [-0.25, -0.2) is 9.98 Å². The van der Waals surface area contributed by atoms with Gasteiger partial charge in [-0.05, 0) is 74.4 Å². The molecule has 35 heavy (non-hydrogen) atoms. The van der Waals surface area contributed by atoms with Crippen LogP contribution in [0.15, 0.2) is 80.0 Å². The van der Waals surface area contributed by atoms with Gasteiger partial charge in [0.1, 0.15) is 0 Å². The number of guanidine groups is 1. The molecule has 0 bridgehead atoms. The lowest BCUT2D eigenvalue weighted by Gasteiger charge is -2.30. The highest BCUT2D eigenvalue weighted by molar-refractivity contribution is 8.18. The lowest BCUT2D eigenvalue weighted by molar-refractivity contribution is -0.115. The van der Waals surface area contributed by atoms with Crippen molar-refractivity contribution in [1.82, 2.24) is 16.0 Å². The van der Waals surface area contributed by atoms with Gasteiger partial charge in [0.2, 0.25) is 5.96 Å². The highest BCUT2D eigenvalue weighted by atomic mass is 32.2. The van der Waals surface area contributed by atoms with Gasteiger partial charge in [0.25, 0.3) is 11.1 Å². The molecule has 2 heterocycles. The van der Waals surface area contributed by atoms with Gasteiger partial charge in [0.15, 0.2) is 0 Å². The number of imide groups is 1. The number of allylic oxidation sites excluding steroid dienone is 2. The zero-order valence-corrected chi connectivity index (χ0v) is 20.4. The fourth-order valence-electron chi connectivity index (χ4n) is 4.22. The quantitative estimate of drug-likeness (QED) is 0.293. The van der Waals surface area contributed by atoms with Crippen molar-refractivity contribution in [1.29, 1.82) is 0 Å². The third-order valence-corrected chi connectivity index (χ3v) is 6.90. The van der Waals surface area contributed by atoms with Gasteiger partial charge in [0.05, 0.1) is 23.1 Å². The monoisotopic (exact) mass is 491 g/mol. The molecule has 1 aromatic carbocycles. The number of nitrogens with one attached hydrogen (secondary N) is 3. The first-order chi connectivity index (χ1) is 17.1. The van der Waals surface area contributed by atoms with Gasteiger partial charge >= 0.3 is 0 Å². The average Bonchev–Trinajstić information content (AvgIpc) is 3.52. The molecule has 3 N–H and O–H groups in total. The van der Waals surface area contributed by atoms with E-state index in [4.69, 9.17) is 4.42 Å². The van der Waals surface area contributed by atoms with Gasteiger partial charge in [-0.3, -0.25) is 14.9 Å². The molecular weight excluding hydrogens is 462 g/mol. The van der Waals surface area contributed by atoms with E-state index in [-0.39, 0.29) is 11.3 Å². The van der Waals surface area contributed by atoms with Crippen LogP contribution in [0, 0.1) is 0 Å². The molecule has 9 heteroatoms. The van der Waals surface area contributed by atoms with Crippen molar-refractivity contribution in [3.63, 3.8) is 0 Å².